The Bertz CT molecular complexity index is 577. The Morgan fingerprint density at radius 2 is 2.20 bits per heavy atom. The summed E-state index contributed by atoms with van der Waals surface area (Å²) in [4.78, 5) is 19.1. The van der Waals surface area contributed by atoms with Gasteiger partial charge in [-0.15, -0.1) is 0 Å². The van der Waals surface area contributed by atoms with Crippen molar-refractivity contribution in [2.75, 3.05) is 26.3 Å². The number of fused-ring (bicyclic) bond motifs is 1. The van der Waals surface area contributed by atoms with Gasteiger partial charge in [-0.1, -0.05) is 6.07 Å². The van der Waals surface area contributed by atoms with Crippen LogP contribution in [0.2, 0.25) is 0 Å². The quantitative estimate of drug-likeness (QED) is 0.873. The lowest BCUT2D eigenvalue weighted by Gasteiger charge is -2.23. The Balaban J connectivity index is 1.27. The Morgan fingerprint density at radius 1 is 1.32 bits per heavy atom. The van der Waals surface area contributed by atoms with Gasteiger partial charge < -0.3 is 14.8 Å². The third kappa shape index (κ3) is 4.02. The average molecular weight is 345 g/mol. The summed E-state index contributed by atoms with van der Waals surface area (Å²) in [7, 11) is 0. The molecule has 0 saturated carbocycles. The minimum atomic E-state index is -0.300. The van der Waals surface area contributed by atoms with E-state index in [2.05, 4.69) is 21.3 Å². The fourth-order valence-electron chi connectivity index (χ4n) is 4.23. The van der Waals surface area contributed by atoms with Crippen LogP contribution in [0.25, 0.3) is 0 Å². The second kappa shape index (κ2) is 7.81. The summed E-state index contributed by atoms with van der Waals surface area (Å²) in [6.45, 7) is 4.29. The standard InChI is InChI=1S/C19H27N3O3/c23-19(21-12-14-4-8-24-9-5-14)18-10-16-17(25-18)3-7-22(16)13-15-2-1-6-20-11-15/h1-2,6,11,14,16-18H,3-5,7-10,12-13H2,(H,21,23)/t16-,17-,18+/m1/s1. The molecule has 0 aliphatic carbocycles. The lowest BCUT2D eigenvalue weighted by Crippen LogP contribution is -2.39. The van der Waals surface area contributed by atoms with Crippen LogP contribution < -0.4 is 5.32 Å². The van der Waals surface area contributed by atoms with E-state index in [1.807, 2.05) is 12.3 Å². The highest BCUT2D eigenvalue weighted by Gasteiger charge is 2.45. The number of carbonyl (C=O) groups excluding carboxylic acids is 1. The highest BCUT2D eigenvalue weighted by Crippen LogP contribution is 2.33. The number of nitrogens with one attached hydrogen (secondary N) is 1. The van der Waals surface area contributed by atoms with Gasteiger partial charge in [0.25, 0.3) is 0 Å². The van der Waals surface area contributed by atoms with Gasteiger partial charge in [0, 0.05) is 57.7 Å². The first-order valence-corrected chi connectivity index (χ1v) is 9.43. The van der Waals surface area contributed by atoms with Gasteiger partial charge in [-0.25, -0.2) is 0 Å². The van der Waals surface area contributed by atoms with Crippen LogP contribution in [0.1, 0.15) is 31.2 Å². The van der Waals surface area contributed by atoms with E-state index >= 15 is 0 Å². The van der Waals surface area contributed by atoms with E-state index in [4.69, 9.17) is 9.47 Å². The zero-order valence-electron chi connectivity index (χ0n) is 14.6. The Kier molecular flexibility index (Phi) is 5.29. The van der Waals surface area contributed by atoms with Crippen LogP contribution in [-0.4, -0.2) is 60.3 Å². The molecule has 1 N–H and O–H groups in total. The minimum absolute atomic E-state index is 0.0576. The van der Waals surface area contributed by atoms with E-state index in [0.29, 0.717) is 12.0 Å². The third-order valence-corrected chi connectivity index (χ3v) is 5.70. The first-order valence-electron chi connectivity index (χ1n) is 9.43. The van der Waals surface area contributed by atoms with Crippen LogP contribution >= 0.6 is 0 Å². The van der Waals surface area contributed by atoms with Gasteiger partial charge >= 0.3 is 0 Å². The molecule has 0 bridgehead atoms. The fourth-order valence-corrected chi connectivity index (χ4v) is 4.23. The van der Waals surface area contributed by atoms with E-state index < -0.39 is 0 Å². The lowest BCUT2D eigenvalue weighted by molar-refractivity contribution is -0.132. The minimum Gasteiger partial charge on any atom is -0.381 e. The molecule has 4 rings (SSSR count). The second-order valence-corrected chi connectivity index (χ2v) is 7.39. The van der Waals surface area contributed by atoms with Gasteiger partial charge in [0.05, 0.1) is 6.10 Å². The molecule has 3 aliphatic rings. The number of hydrogen-bond donors (Lipinski definition) is 1. The molecule has 1 amide bonds. The second-order valence-electron chi connectivity index (χ2n) is 7.39. The highest BCUT2D eigenvalue weighted by atomic mass is 16.5. The molecule has 0 unspecified atom stereocenters. The Labute approximate surface area is 148 Å². The average Bonchev–Trinajstić information content (AvgIpc) is 3.24. The van der Waals surface area contributed by atoms with Crippen LogP contribution in [0.5, 0.6) is 0 Å². The molecule has 6 nitrogen and oxygen atoms in total. The van der Waals surface area contributed by atoms with Crippen molar-refractivity contribution < 1.29 is 14.3 Å². The molecule has 3 atom stereocenters. The molecule has 25 heavy (non-hydrogen) atoms. The Morgan fingerprint density at radius 3 is 3.00 bits per heavy atom. The first-order chi connectivity index (χ1) is 12.3. The number of likely N-dealkylation sites (tertiary alicyclic amines) is 1. The monoisotopic (exact) mass is 345 g/mol. The van der Waals surface area contributed by atoms with Crippen LogP contribution in [-0.2, 0) is 20.8 Å². The molecule has 0 aromatic carbocycles. The molecule has 1 aromatic rings. The Hall–Kier alpha value is -1.50. The summed E-state index contributed by atoms with van der Waals surface area (Å²) in [5.41, 5.74) is 1.22. The predicted octanol–water partition coefficient (Wildman–Crippen LogP) is 1.36. The van der Waals surface area contributed by atoms with Crippen molar-refractivity contribution in [3.05, 3.63) is 30.1 Å². The number of pyridine rings is 1. The first kappa shape index (κ1) is 16.9. The van der Waals surface area contributed by atoms with Crippen LogP contribution in [0.4, 0.5) is 0 Å². The topological polar surface area (TPSA) is 63.7 Å². The summed E-state index contributed by atoms with van der Waals surface area (Å²) >= 11 is 0. The van der Waals surface area contributed by atoms with Crippen molar-refractivity contribution in [2.24, 2.45) is 5.92 Å². The molecular weight excluding hydrogens is 318 g/mol. The van der Waals surface area contributed by atoms with Crippen LogP contribution in [0.15, 0.2) is 24.5 Å². The van der Waals surface area contributed by atoms with Crippen molar-refractivity contribution >= 4 is 5.91 Å². The summed E-state index contributed by atoms with van der Waals surface area (Å²) in [5, 5.41) is 3.10. The normalized spacial score (nSPS) is 30.3. The van der Waals surface area contributed by atoms with Crippen molar-refractivity contribution in [2.45, 2.75) is 50.5 Å². The van der Waals surface area contributed by atoms with E-state index in [1.54, 1.807) is 6.20 Å². The van der Waals surface area contributed by atoms with Crippen molar-refractivity contribution in [3.63, 3.8) is 0 Å². The molecular formula is C19H27N3O3. The maximum absolute atomic E-state index is 12.5. The van der Waals surface area contributed by atoms with Gasteiger partial charge in [-0.05, 0) is 36.8 Å². The van der Waals surface area contributed by atoms with Gasteiger partial charge in [0.1, 0.15) is 6.10 Å². The number of aromatic nitrogens is 1. The van der Waals surface area contributed by atoms with Crippen molar-refractivity contribution in [3.8, 4) is 0 Å². The van der Waals surface area contributed by atoms with E-state index in [-0.39, 0.29) is 18.1 Å². The maximum atomic E-state index is 12.5. The number of nitrogens with zero attached hydrogens (tertiary/aromatic N) is 2. The van der Waals surface area contributed by atoms with Crippen LogP contribution in [0, 0.1) is 5.92 Å². The SMILES string of the molecule is O=C(NCC1CCOCC1)[C@@H]1C[C@@H]2[C@@H](CCN2Cc2cccnc2)O1. The van der Waals surface area contributed by atoms with Crippen molar-refractivity contribution in [1.82, 2.24) is 15.2 Å². The number of amides is 1. The summed E-state index contributed by atoms with van der Waals surface area (Å²) < 4.78 is 11.4. The summed E-state index contributed by atoms with van der Waals surface area (Å²) in [5.74, 6) is 0.600. The smallest absolute Gasteiger partial charge is 0.249 e. The molecule has 3 saturated heterocycles. The van der Waals surface area contributed by atoms with Gasteiger partial charge in [-0.3, -0.25) is 14.7 Å². The van der Waals surface area contributed by atoms with E-state index in [9.17, 15) is 4.79 Å². The van der Waals surface area contributed by atoms with E-state index in [0.717, 1.165) is 58.5 Å². The van der Waals surface area contributed by atoms with E-state index in [1.165, 1.54) is 5.56 Å². The highest BCUT2D eigenvalue weighted by molar-refractivity contribution is 5.81. The molecule has 0 spiro atoms. The number of hydrogen-bond acceptors (Lipinski definition) is 5. The molecule has 3 fully saturated rings. The number of rotatable bonds is 5. The zero-order chi connectivity index (χ0) is 17.1. The third-order valence-electron chi connectivity index (χ3n) is 5.70. The number of ether oxygens (including phenoxy) is 2. The lowest BCUT2D eigenvalue weighted by atomic mass is 10.0. The summed E-state index contributed by atoms with van der Waals surface area (Å²) in [6.07, 6.45) is 7.49. The maximum Gasteiger partial charge on any atom is 0.249 e. The van der Waals surface area contributed by atoms with Gasteiger partial charge in [-0.2, -0.15) is 0 Å². The number of carbonyl (C=O) groups is 1. The molecule has 136 valence electrons. The zero-order valence-corrected chi connectivity index (χ0v) is 14.6. The predicted molar refractivity (Wildman–Crippen MR) is 92.9 cm³/mol. The molecule has 6 heteroatoms. The van der Waals surface area contributed by atoms with Gasteiger partial charge in [0.15, 0.2) is 0 Å². The molecule has 0 radical (unpaired) electrons. The summed E-state index contributed by atoms with van der Waals surface area (Å²) in [6, 6.07) is 4.42. The largest absolute Gasteiger partial charge is 0.381 e. The molecule has 3 aliphatic heterocycles. The fraction of sp³-hybridized carbons (Fsp3) is 0.684. The van der Waals surface area contributed by atoms with Crippen LogP contribution in [0.3, 0.4) is 0 Å². The molecule has 4 heterocycles. The van der Waals surface area contributed by atoms with Crippen molar-refractivity contribution in [1.29, 1.82) is 0 Å². The van der Waals surface area contributed by atoms with Gasteiger partial charge in [0.2, 0.25) is 5.91 Å². The molecule has 1 aromatic heterocycles.